The van der Waals surface area contributed by atoms with Gasteiger partial charge in [-0.15, -0.1) is 0 Å². The molecule has 0 amide bonds. The number of pyridine rings is 1. The van der Waals surface area contributed by atoms with E-state index in [-0.39, 0.29) is 0 Å². The van der Waals surface area contributed by atoms with Crippen LogP contribution in [-0.4, -0.2) is 50.3 Å². The Morgan fingerprint density at radius 1 is 1.00 bits per heavy atom. The molecule has 0 spiro atoms. The fourth-order valence-corrected chi connectivity index (χ4v) is 3.14. The van der Waals surface area contributed by atoms with Gasteiger partial charge in [-0.1, -0.05) is 6.07 Å². The first kappa shape index (κ1) is 19.3. The van der Waals surface area contributed by atoms with Gasteiger partial charge < -0.3 is 14.4 Å². The molecule has 0 radical (unpaired) electrons. The van der Waals surface area contributed by atoms with Crippen molar-refractivity contribution in [2.45, 2.75) is 12.7 Å². The molecule has 0 N–H and O–H groups in total. The second-order valence-corrected chi connectivity index (χ2v) is 6.32. The minimum absolute atomic E-state index is 0.364. The number of hydrogen-bond donors (Lipinski definition) is 0. The molecule has 0 saturated carbocycles. The Morgan fingerprint density at radius 3 is 2.37 bits per heavy atom. The smallest absolute Gasteiger partial charge is 0.433 e. The molecule has 5 nitrogen and oxygen atoms in total. The summed E-state index contributed by atoms with van der Waals surface area (Å²) in [6, 6.07) is 9.68. The lowest BCUT2D eigenvalue weighted by Crippen LogP contribution is -2.46. The van der Waals surface area contributed by atoms with Gasteiger partial charge in [0.15, 0.2) is 0 Å². The molecule has 0 bridgehead atoms. The van der Waals surface area contributed by atoms with Crippen molar-refractivity contribution in [2.75, 3.05) is 45.3 Å². The molecule has 1 aromatic heterocycles. The van der Waals surface area contributed by atoms with E-state index in [2.05, 4.69) is 9.88 Å². The van der Waals surface area contributed by atoms with Crippen LogP contribution >= 0.6 is 0 Å². The van der Waals surface area contributed by atoms with E-state index in [4.69, 9.17) is 9.47 Å². The molecular formula is C19H22F3N3O2. The van der Waals surface area contributed by atoms with E-state index in [1.807, 2.05) is 23.1 Å². The molecule has 1 saturated heterocycles. The average molecular weight is 381 g/mol. The predicted molar refractivity (Wildman–Crippen MR) is 96.3 cm³/mol. The highest BCUT2D eigenvalue weighted by Crippen LogP contribution is 2.29. The van der Waals surface area contributed by atoms with Crippen molar-refractivity contribution in [1.82, 2.24) is 9.88 Å². The normalized spacial score (nSPS) is 15.7. The zero-order chi connectivity index (χ0) is 19.4. The van der Waals surface area contributed by atoms with Gasteiger partial charge in [-0.3, -0.25) is 4.90 Å². The third-order valence-corrected chi connectivity index (χ3v) is 4.60. The summed E-state index contributed by atoms with van der Waals surface area (Å²) in [6.07, 6.45) is -4.43. The summed E-state index contributed by atoms with van der Waals surface area (Å²) in [6.45, 7) is 3.35. The minimum atomic E-state index is -4.43. The number of hydrogen-bond acceptors (Lipinski definition) is 5. The van der Waals surface area contributed by atoms with Crippen molar-refractivity contribution >= 4 is 5.82 Å². The summed E-state index contributed by atoms with van der Waals surface area (Å²) in [7, 11) is 3.25. The van der Waals surface area contributed by atoms with Gasteiger partial charge in [0.05, 0.1) is 14.2 Å². The third kappa shape index (κ3) is 4.63. The highest BCUT2D eigenvalue weighted by atomic mass is 19.4. The molecule has 0 atom stereocenters. The van der Waals surface area contributed by atoms with Crippen LogP contribution in [-0.2, 0) is 12.7 Å². The first-order valence-electron chi connectivity index (χ1n) is 8.63. The molecule has 27 heavy (non-hydrogen) atoms. The molecule has 1 aliphatic heterocycles. The van der Waals surface area contributed by atoms with Crippen LogP contribution in [0, 0.1) is 0 Å². The number of benzene rings is 1. The minimum Gasteiger partial charge on any atom is -0.497 e. The van der Waals surface area contributed by atoms with E-state index in [1.54, 1.807) is 20.3 Å². The van der Waals surface area contributed by atoms with E-state index >= 15 is 0 Å². The summed E-state index contributed by atoms with van der Waals surface area (Å²) in [5.41, 5.74) is 0.158. The lowest BCUT2D eigenvalue weighted by Gasteiger charge is -2.35. The van der Waals surface area contributed by atoms with E-state index in [0.29, 0.717) is 25.5 Å². The molecule has 0 unspecified atom stereocenters. The van der Waals surface area contributed by atoms with Crippen molar-refractivity contribution in [1.29, 1.82) is 0 Å². The van der Waals surface area contributed by atoms with Gasteiger partial charge in [-0.2, -0.15) is 13.2 Å². The number of anilines is 1. The predicted octanol–water partition coefficient (Wildman–Crippen LogP) is 3.44. The number of rotatable bonds is 5. The van der Waals surface area contributed by atoms with Crippen LogP contribution in [0.2, 0.25) is 0 Å². The van der Waals surface area contributed by atoms with E-state index in [1.165, 1.54) is 6.07 Å². The fraction of sp³-hybridized carbons (Fsp3) is 0.421. The fourth-order valence-electron chi connectivity index (χ4n) is 3.14. The molecule has 1 fully saturated rings. The molecule has 2 aromatic rings. The van der Waals surface area contributed by atoms with Crippen LogP contribution in [0.4, 0.5) is 19.0 Å². The second-order valence-electron chi connectivity index (χ2n) is 6.32. The van der Waals surface area contributed by atoms with Gasteiger partial charge in [0.2, 0.25) is 0 Å². The van der Waals surface area contributed by atoms with Gasteiger partial charge >= 0.3 is 6.18 Å². The lowest BCUT2D eigenvalue weighted by atomic mass is 10.1. The number of nitrogens with zero attached hydrogens (tertiary/aromatic N) is 3. The zero-order valence-corrected chi connectivity index (χ0v) is 15.3. The molecule has 1 aromatic carbocycles. The quantitative estimate of drug-likeness (QED) is 0.793. The SMILES string of the molecule is COc1ccc(OC)c(CN2CCN(c3cccc(C(F)(F)F)n3)CC2)c1. The van der Waals surface area contributed by atoms with Gasteiger partial charge in [-0.05, 0) is 30.3 Å². The molecule has 1 aliphatic rings. The van der Waals surface area contributed by atoms with Crippen molar-refractivity contribution in [3.63, 3.8) is 0 Å². The van der Waals surface area contributed by atoms with Crippen LogP contribution in [0.3, 0.4) is 0 Å². The molecule has 146 valence electrons. The van der Waals surface area contributed by atoms with E-state index in [9.17, 15) is 13.2 Å². The lowest BCUT2D eigenvalue weighted by molar-refractivity contribution is -0.141. The average Bonchev–Trinajstić information content (AvgIpc) is 2.68. The Hall–Kier alpha value is -2.48. The molecular weight excluding hydrogens is 359 g/mol. The number of aromatic nitrogens is 1. The van der Waals surface area contributed by atoms with Gasteiger partial charge in [0.25, 0.3) is 0 Å². The molecule has 2 heterocycles. The van der Waals surface area contributed by atoms with Crippen LogP contribution < -0.4 is 14.4 Å². The Labute approximate surface area is 156 Å². The maximum atomic E-state index is 12.9. The monoisotopic (exact) mass is 381 g/mol. The van der Waals surface area contributed by atoms with Gasteiger partial charge in [0, 0.05) is 38.3 Å². The summed E-state index contributed by atoms with van der Waals surface area (Å²) in [5, 5.41) is 0. The van der Waals surface area contributed by atoms with Crippen LogP contribution in [0.1, 0.15) is 11.3 Å². The Balaban J connectivity index is 1.65. The number of halogens is 3. The summed E-state index contributed by atoms with van der Waals surface area (Å²) >= 11 is 0. The van der Waals surface area contributed by atoms with Crippen LogP contribution in [0.25, 0.3) is 0 Å². The van der Waals surface area contributed by atoms with Crippen LogP contribution in [0.15, 0.2) is 36.4 Å². The van der Waals surface area contributed by atoms with E-state index in [0.717, 1.165) is 36.2 Å². The van der Waals surface area contributed by atoms with Crippen molar-refractivity contribution in [3.05, 3.63) is 47.7 Å². The Morgan fingerprint density at radius 2 is 1.74 bits per heavy atom. The highest BCUT2D eigenvalue weighted by molar-refractivity contribution is 5.42. The first-order valence-corrected chi connectivity index (χ1v) is 8.63. The van der Waals surface area contributed by atoms with Gasteiger partial charge in [0.1, 0.15) is 23.0 Å². The molecule has 8 heteroatoms. The molecule has 0 aliphatic carbocycles. The molecule has 3 rings (SSSR count). The zero-order valence-electron chi connectivity index (χ0n) is 15.3. The standard InChI is InChI=1S/C19H22F3N3O2/c1-26-15-6-7-16(27-2)14(12-15)13-24-8-10-25(11-9-24)18-5-3-4-17(23-18)19(20,21)22/h3-7,12H,8-11,13H2,1-2H3. The van der Waals surface area contributed by atoms with Crippen molar-refractivity contribution in [2.24, 2.45) is 0 Å². The number of piperazine rings is 1. The summed E-state index contributed by atoms with van der Waals surface area (Å²) in [4.78, 5) is 7.89. The highest BCUT2D eigenvalue weighted by Gasteiger charge is 2.33. The van der Waals surface area contributed by atoms with E-state index < -0.39 is 11.9 Å². The summed E-state index contributed by atoms with van der Waals surface area (Å²) in [5.74, 6) is 1.92. The van der Waals surface area contributed by atoms with Gasteiger partial charge in [-0.25, -0.2) is 4.98 Å². The third-order valence-electron chi connectivity index (χ3n) is 4.60. The Kier molecular flexibility index (Phi) is 5.74. The first-order chi connectivity index (χ1) is 12.9. The Bertz CT molecular complexity index is 775. The maximum Gasteiger partial charge on any atom is 0.433 e. The van der Waals surface area contributed by atoms with Crippen molar-refractivity contribution < 1.29 is 22.6 Å². The maximum absolute atomic E-state index is 12.9. The topological polar surface area (TPSA) is 37.8 Å². The number of ether oxygens (including phenoxy) is 2. The van der Waals surface area contributed by atoms with Crippen LogP contribution in [0.5, 0.6) is 11.5 Å². The van der Waals surface area contributed by atoms with Crippen molar-refractivity contribution in [3.8, 4) is 11.5 Å². The second kappa shape index (κ2) is 8.04. The number of methoxy groups -OCH3 is 2. The summed E-state index contributed by atoms with van der Waals surface area (Å²) < 4.78 is 49.3. The number of alkyl halides is 3. The largest absolute Gasteiger partial charge is 0.497 e.